The van der Waals surface area contributed by atoms with E-state index in [2.05, 4.69) is 15.6 Å². The Labute approximate surface area is 193 Å². The molecule has 168 valence electrons. The molecule has 0 radical (unpaired) electrons. The van der Waals surface area contributed by atoms with Crippen molar-refractivity contribution in [2.45, 2.75) is 12.5 Å². The van der Waals surface area contributed by atoms with Gasteiger partial charge in [-0.25, -0.2) is 9.37 Å². The summed E-state index contributed by atoms with van der Waals surface area (Å²) in [5.74, 6) is -0.817. The standard InChI is InChI=1S/C22H20Cl2FN3O4/c23-17-4-3-16(10-18(17)24)32-12-21(30)27-11-15(29)7-8-26-22(31)20-5-1-13-9-14(25)2-6-19(13)28-20/h1-6,9-10,15,29H,7-8,11-12H2,(H,26,31)(H,27,30)/t15-/m0/s1. The maximum Gasteiger partial charge on any atom is 0.269 e. The molecule has 0 saturated heterocycles. The van der Waals surface area contributed by atoms with Gasteiger partial charge in [-0.2, -0.15) is 0 Å². The van der Waals surface area contributed by atoms with Crippen LogP contribution in [0.2, 0.25) is 10.0 Å². The molecule has 0 fully saturated rings. The molecule has 0 aliphatic carbocycles. The normalized spacial score (nSPS) is 11.8. The van der Waals surface area contributed by atoms with Gasteiger partial charge in [0.15, 0.2) is 6.61 Å². The Kier molecular flexibility index (Phi) is 8.21. The van der Waals surface area contributed by atoms with Crippen LogP contribution in [0.25, 0.3) is 10.9 Å². The highest BCUT2D eigenvalue weighted by atomic mass is 35.5. The molecule has 2 amide bonds. The van der Waals surface area contributed by atoms with Crippen molar-refractivity contribution in [1.29, 1.82) is 0 Å². The maximum absolute atomic E-state index is 13.2. The van der Waals surface area contributed by atoms with E-state index in [0.717, 1.165) is 0 Å². The number of aliphatic hydroxyl groups excluding tert-OH is 1. The quantitative estimate of drug-likeness (QED) is 0.436. The highest BCUT2D eigenvalue weighted by Crippen LogP contribution is 2.26. The number of ether oxygens (including phenoxy) is 1. The molecule has 1 atom stereocenters. The SMILES string of the molecule is O=C(COc1ccc(Cl)c(Cl)c1)NC[C@@H](O)CCNC(=O)c1ccc2cc(F)ccc2n1. The molecule has 2 aromatic carbocycles. The Bertz CT molecular complexity index is 1130. The van der Waals surface area contributed by atoms with Crippen molar-refractivity contribution in [3.05, 3.63) is 70.1 Å². The van der Waals surface area contributed by atoms with Gasteiger partial charge in [0.25, 0.3) is 11.8 Å². The zero-order valence-corrected chi connectivity index (χ0v) is 18.3. The number of amides is 2. The zero-order valence-electron chi connectivity index (χ0n) is 16.8. The number of fused-ring (bicyclic) bond motifs is 1. The number of carbonyl (C=O) groups is 2. The van der Waals surface area contributed by atoms with Crippen LogP contribution < -0.4 is 15.4 Å². The molecule has 0 spiro atoms. The number of aromatic nitrogens is 1. The van der Waals surface area contributed by atoms with Crippen LogP contribution in [0, 0.1) is 5.82 Å². The summed E-state index contributed by atoms with van der Waals surface area (Å²) in [6.07, 6.45) is -0.643. The topological polar surface area (TPSA) is 101 Å². The highest BCUT2D eigenvalue weighted by molar-refractivity contribution is 6.42. The second-order valence-corrected chi connectivity index (χ2v) is 7.71. The van der Waals surface area contributed by atoms with E-state index in [1.807, 2.05) is 0 Å². The Balaban J connectivity index is 1.36. The Morgan fingerprint density at radius 2 is 1.88 bits per heavy atom. The molecule has 0 saturated carbocycles. The second-order valence-electron chi connectivity index (χ2n) is 6.90. The number of halogens is 3. The molecule has 0 unspecified atom stereocenters. The van der Waals surface area contributed by atoms with Gasteiger partial charge in [-0.3, -0.25) is 9.59 Å². The first-order valence-electron chi connectivity index (χ1n) is 9.69. The van der Waals surface area contributed by atoms with Crippen LogP contribution in [-0.2, 0) is 4.79 Å². The molecule has 1 aromatic heterocycles. The van der Waals surface area contributed by atoms with Crippen LogP contribution in [0.4, 0.5) is 4.39 Å². The fraction of sp³-hybridized carbons (Fsp3) is 0.227. The van der Waals surface area contributed by atoms with Crippen LogP contribution in [0.1, 0.15) is 16.9 Å². The largest absolute Gasteiger partial charge is 0.484 e. The average Bonchev–Trinajstić information content (AvgIpc) is 2.78. The first-order chi connectivity index (χ1) is 15.3. The summed E-state index contributed by atoms with van der Waals surface area (Å²) in [6.45, 7) is -0.0725. The monoisotopic (exact) mass is 479 g/mol. The van der Waals surface area contributed by atoms with Crippen molar-refractivity contribution in [2.24, 2.45) is 0 Å². The van der Waals surface area contributed by atoms with Gasteiger partial charge >= 0.3 is 0 Å². The first-order valence-corrected chi connectivity index (χ1v) is 10.4. The van der Waals surface area contributed by atoms with Crippen molar-refractivity contribution in [2.75, 3.05) is 19.7 Å². The van der Waals surface area contributed by atoms with Crippen molar-refractivity contribution >= 4 is 45.9 Å². The van der Waals surface area contributed by atoms with E-state index < -0.39 is 17.9 Å². The molecule has 32 heavy (non-hydrogen) atoms. The third kappa shape index (κ3) is 6.78. The highest BCUT2D eigenvalue weighted by Gasteiger charge is 2.11. The molecule has 7 nitrogen and oxygen atoms in total. The van der Waals surface area contributed by atoms with E-state index >= 15 is 0 Å². The Hall–Kier alpha value is -2.94. The second kappa shape index (κ2) is 11.1. The summed E-state index contributed by atoms with van der Waals surface area (Å²) in [5, 5.41) is 16.5. The lowest BCUT2D eigenvalue weighted by Gasteiger charge is -2.13. The predicted molar refractivity (Wildman–Crippen MR) is 120 cm³/mol. The lowest BCUT2D eigenvalue weighted by molar-refractivity contribution is -0.123. The van der Waals surface area contributed by atoms with E-state index in [9.17, 15) is 19.1 Å². The van der Waals surface area contributed by atoms with Gasteiger partial charge < -0.3 is 20.5 Å². The van der Waals surface area contributed by atoms with Crippen LogP contribution in [0.15, 0.2) is 48.5 Å². The predicted octanol–water partition coefficient (Wildman–Crippen LogP) is 3.36. The third-order valence-electron chi connectivity index (χ3n) is 4.44. The molecule has 3 N–H and O–H groups in total. The number of hydrogen-bond acceptors (Lipinski definition) is 5. The molecule has 10 heteroatoms. The molecular formula is C22H20Cl2FN3O4. The maximum atomic E-state index is 13.2. The van der Waals surface area contributed by atoms with Gasteiger partial charge in [-0.05, 0) is 42.8 Å². The van der Waals surface area contributed by atoms with E-state index in [4.69, 9.17) is 27.9 Å². The molecule has 0 bridgehead atoms. The van der Waals surface area contributed by atoms with Gasteiger partial charge in [0.1, 0.15) is 17.3 Å². The summed E-state index contributed by atoms with van der Waals surface area (Å²) in [5.41, 5.74) is 0.691. The van der Waals surface area contributed by atoms with Crippen molar-refractivity contribution < 1.29 is 23.8 Å². The van der Waals surface area contributed by atoms with Gasteiger partial charge in [0, 0.05) is 24.5 Å². The summed E-state index contributed by atoms with van der Waals surface area (Å²) in [4.78, 5) is 28.3. The molecule has 1 heterocycles. The van der Waals surface area contributed by atoms with Gasteiger partial charge in [0.05, 0.1) is 21.7 Å². The van der Waals surface area contributed by atoms with Crippen molar-refractivity contribution in [1.82, 2.24) is 15.6 Å². The van der Waals surface area contributed by atoms with Crippen molar-refractivity contribution in [3.63, 3.8) is 0 Å². The smallest absolute Gasteiger partial charge is 0.269 e. The zero-order chi connectivity index (χ0) is 23.1. The fourth-order valence-corrected chi connectivity index (χ4v) is 3.05. The first kappa shape index (κ1) is 23.7. The van der Waals surface area contributed by atoms with Crippen LogP contribution in [-0.4, -0.2) is 47.7 Å². The number of carbonyl (C=O) groups excluding carboxylic acids is 2. The number of hydrogen-bond donors (Lipinski definition) is 3. The van der Waals surface area contributed by atoms with E-state index in [-0.39, 0.29) is 37.6 Å². The number of nitrogens with one attached hydrogen (secondary N) is 2. The number of aliphatic hydroxyl groups is 1. The van der Waals surface area contributed by atoms with Gasteiger partial charge in [-0.15, -0.1) is 0 Å². The summed E-state index contributed by atoms with van der Waals surface area (Å²) < 4.78 is 18.5. The summed E-state index contributed by atoms with van der Waals surface area (Å²) in [7, 11) is 0. The number of nitrogens with zero attached hydrogens (tertiary/aromatic N) is 1. The minimum Gasteiger partial charge on any atom is -0.484 e. The van der Waals surface area contributed by atoms with Crippen LogP contribution in [0.3, 0.4) is 0 Å². The van der Waals surface area contributed by atoms with E-state index in [1.165, 1.54) is 30.3 Å². The number of pyridine rings is 1. The van der Waals surface area contributed by atoms with Crippen molar-refractivity contribution in [3.8, 4) is 5.75 Å². The van der Waals surface area contributed by atoms with Crippen LogP contribution in [0.5, 0.6) is 5.75 Å². The number of rotatable bonds is 9. The lowest BCUT2D eigenvalue weighted by Crippen LogP contribution is -2.37. The average molecular weight is 480 g/mol. The summed E-state index contributed by atoms with van der Waals surface area (Å²) in [6, 6.07) is 11.9. The minimum atomic E-state index is -0.864. The molecule has 3 rings (SSSR count). The lowest BCUT2D eigenvalue weighted by atomic mass is 10.2. The summed E-state index contributed by atoms with van der Waals surface area (Å²) >= 11 is 11.7. The molecule has 0 aliphatic rings. The molecular weight excluding hydrogens is 460 g/mol. The Morgan fingerprint density at radius 1 is 1.06 bits per heavy atom. The Morgan fingerprint density at radius 3 is 2.66 bits per heavy atom. The third-order valence-corrected chi connectivity index (χ3v) is 5.18. The van der Waals surface area contributed by atoms with Crippen LogP contribution >= 0.6 is 23.2 Å². The van der Waals surface area contributed by atoms with E-state index in [1.54, 1.807) is 18.2 Å². The molecule has 0 aliphatic heterocycles. The van der Waals surface area contributed by atoms with Gasteiger partial charge in [-0.1, -0.05) is 29.3 Å². The van der Waals surface area contributed by atoms with Gasteiger partial charge in [0.2, 0.25) is 0 Å². The number of benzene rings is 2. The fourth-order valence-electron chi connectivity index (χ4n) is 2.77. The van der Waals surface area contributed by atoms with E-state index in [0.29, 0.717) is 26.7 Å². The molecule has 3 aromatic rings. The minimum absolute atomic E-state index is 0.000767.